The van der Waals surface area contributed by atoms with E-state index in [1.165, 1.54) is 6.07 Å². The van der Waals surface area contributed by atoms with Crippen LogP contribution in [0.2, 0.25) is 5.02 Å². The summed E-state index contributed by atoms with van der Waals surface area (Å²) in [6.07, 6.45) is 0.933. The zero-order chi connectivity index (χ0) is 13.0. The Morgan fingerprint density at radius 2 is 2.44 bits per heavy atom. The number of likely N-dealkylation sites (N-methyl/N-ethyl adjacent to an activating group) is 1. The molecule has 18 heavy (non-hydrogen) atoms. The van der Waals surface area contributed by atoms with Gasteiger partial charge in [0, 0.05) is 17.5 Å². The van der Waals surface area contributed by atoms with Crippen LogP contribution in [0.4, 0.5) is 4.39 Å². The predicted molar refractivity (Wildman–Crippen MR) is 75.0 cm³/mol. The third-order valence-corrected chi connectivity index (χ3v) is 4.43. The van der Waals surface area contributed by atoms with Crippen molar-refractivity contribution in [2.75, 3.05) is 25.2 Å². The Kier molecular flexibility index (Phi) is 5.30. The van der Waals surface area contributed by atoms with Crippen LogP contribution in [0.15, 0.2) is 18.2 Å². The molecule has 2 atom stereocenters. The minimum absolute atomic E-state index is 0.171. The summed E-state index contributed by atoms with van der Waals surface area (Å²) in [6.45, 7) is 0.794. The van der Waals surface area contributed by atoms with Crippen LogP contribution in [0.3, 0.4) is 0 Å². The van der Waals surface area contributed by atoms with Gasteiger partial charge in [-0.15, -0.1) is 0 Å². The van der Waals surface area contributed by atoms with E-state index in [0.29, 0.717) is 0 Å². The van der Waals surface area contributed by atoms with E-state index in [-0.39, 0.29) is 23.0 Å². The lowest BCUT2D eigenvalue weighted by atomic mass is 10.0. The molecule has 0 saturated carbocycles. The lowest BCUT2D eigenvalue weighted by Gasteiger charge is -2.30. The zero-order valence-corrected chi connectivity index (χ0v) is 11.9. The van der Waals surface area contributed by atoms with Crippen molar-refractivity contribution in [3.63, 3.8) is 0 Å². The summed E-state index contributed by atoms with van der Waals surface area (Å²) < 4.78 is 19.1. The topological polar surface area (TPSA) is 21.3 Å². The molecule has 1 aromatic carbocycles. The summed E-state index contributed by atoms with van der Waals surface area (Å²) >= 11 is 7.58. The maximum atomic E-state index is 13.4. The van der Waals surface area contributed by atoms with Gasteiger partial charge < -0.3 is 10.1 Å². The van der Waals surface area contributed by atoms with Gasteiger partial charge in [0.15, 0.2) is 0 Å². The number of hydrogen-bond acceptors (Lipinski definition) is 3. The first kappa shape index (κ1) is 14.1. The van der Waals surface area contributed by atoms with Crippen LogP contribution in [0.25, 0.3) is 0 Å². The van der Waals surface area contributed by atoms with Crippen molar-refractivity contribution in [3.05, 3.63) is 34.6 Å². The van der Waals surface area contributed by atoms with Crippen LogP contribution < -0.4 is 5.32 Å². The van der Waals surface area contributed by atoms with E-state index in [9.17, 15) is 4.39 Å². The number of nitrogens with one attached hydrogen (secondary N) is 1. The van der Waals surface area contributed by atoms with Crippen LogP contribution in [-0.2, 0) is 11.2 Å². The molecule has 1 saturated heterocycles. The molecule has 0 amide bonds. The summed E-state index contributed by atoms with van der Waals surface area (Å²) in [5.41, 5.74) is 0.940. The number of benzene rings is 1. The van der Waals surface area contributed by atoms with Crippen LogP contribution in [0.5, 0.6) is 0 Å². The van der Waals surface area contributed by atoms with Crippen molar-refractivity contribution in [1.82, 2.24) is 5.32 Å². The van der Waals surface area contributed by atoms with Gasteiger partial charge >= 0.3 is 0 Å². The molecule has 1 aliphatic heterocycles. The van der Waals surface area contributed by atoms with Crippen LogP contribution >= 0.6 is 23.4 Å². The second-order valence-electron chi connectivity index (χ2n) is 4.33. The lowest BCUT2D eigenvalue weighted by molar-refractivity contribution is 0.0492. The molecule has 0 bridgehead atoms. The van der Waals surface area contributed by atoms with Gasteiger partial charge in [0.1, 0.15) is 5.82 Å². The molecule has 2 nitrogen and oxygen atoms in total. The van der Waals surface area contributed by atoms with E-state index >= 15 is 0 Å². The van der Waals surface area contributed by atoms with Crippen molar-refractivity contribution in [1.29, 1.82) is 0 Å². The molecule has 0 radical (unpaired) electrons. The number of ether oxygens (including phenoxy) is 1. The molecule has 2 unspecified atom stereocenters. The Morgan fingerprint density at radius 1 is 1.61 bits per heavy atom. The smallest absolute Gasteiger partial charge is 0.142 e. The molecule has 1 aromatic rings. The Morgan fingerprint density at radius 3 is 3.06 bits per heavy atom. The van der Waals surface area contributed by atoms with E-state index < -0.39 is 0 Å². The highest BCUT2D eigenvalue weighted by Crippen LogP contribution is 2.20. The second-order valence-corrected chi connectivity index (χ2v) is 5.89. The number of halogens is 2. The fraction of sp³-hybridized carbons (Fsp3) is 0.538. The fourth-order valence-corrected chi connectivity index (χ4v) is 3.14. The lowest BCUT2D eigenvalue weighted by Crippen LogP contribution is -2.44. The summed E-state index contributed by atoms with van der Waals surface area (Å²) in [5, 5.41) is 3.43. The van der Waals surface area contributed by atoms with Gasteiger partial charge in [0.05, 0.1) is 17.7 Å². The van der Waals surface area contributed by atoms with E-state index in [1.807, 2.05) is 24.9 Å². The summed E-state index contributed by atoms with van der Waals surface area (Å²) in [6, 6.07) is 5.18. The molecule has 100 valence electrons. The van der Waals surface area contributed by atoms with Gasteiger partial charge in [-0.3, -0.25) is 0 Å². The van der Waals surface area contributed by atoms with Gasteiger partial charge in [0.2, 0.25) is 0 Å². The highest BCUT2D eigenvalue weighted by atomic mass is 35.5. The molecular formula is C13H17ClFNOS. The minimum Gasteiger partial charge on any atom is -0.375 e. The number of thioether (sulfide) groups is 1. The van der Waals surface area contributed by atoms with Crippen molar-refractivity contribution in [3.8, 4) is 0 Å². The average molecular weight is 290 g/mol. The van der Waals surface area contributed by atoms with Gasteiger partial charge in [-0.05, 0) is 31.2 Å². The molecule has 1 N–H and O–H groups in total. The van der Waals surface area contributed by atoms with Crippen molar-refractivity contribution < 1.29 is 9.13 Å². The van der Waals surface area contributed by atoms with Crippen molar-refractivity contribution >= 4 is 23.4 Å². The summed E-state index contributed by atoms with van der Waals surface area (Å²) in [4.78, 5) is 0. The first-order chi connectivity index (χ1) is 8.70. The minimum atomic E-state index is -0.358. The van der Waals surface area contributed by atoms with Crippen LogP contribution in [0, 0.1) is 5.82 Å². The zero-order valence-electron chi connectivity index (χ0n) is 10.3. The molecule has 1 fully saturated rings. The van der Waals surface area contributed by atoms with Crippen LogP contribution in [-0.4, -0.2) is 37.3 Å². The maximum absolute atomic E-state index is 13.4. The molecule has 1 aliphatic rings. The molecule has 0 aromatic heterocycles. The molecular weight excluding hydrogens is 273 g/mol. The SMILES string of the molecule is CNC(Cc1ccc(Cl)c(F)c1)C1CSCCO1. The average Bonchev–Trinajstić information content (AvgIpc) is 2.41. The monoisotopic (exact) mass is 289 g/mol. The first-order valence-corrected chi connectivity index (χ1v) is 7.54. The highest BCUT2D eigenvalue weighted by molar-refractivity contribution is 7.99. The molecule has 0 aliphatic carbocycles. The third kappa shape index (κ3) is 3.60. The Labute approximate surface area is 116 Å². The van der Waals surface area contributed by atoms with Gasteiger partial charge in [-0.25, -0.2) is 4.39 Å². The van der Waals surface area contributed by atoms with E-state index in [0.717, 1.165) is 30.1 Å². The quantitative estimate of drug-likeness (QED) is 0.921. The standard InChI is InChI=1S/C13H17ClFNOS/c1-16-12(13-8-18-5-4-17-13)7-9-2-3-10(14)11(15)6-9/h2-3,6,12-13,16H,4-5,7-8H2,1H3. The normalized spacial score (nSPS) is 21.8. The van der Waals surface area contributed by atoms with E-state index in [4.69, 9.17) is 16.3 Å². The van der Waals surface area contributed by atoms with E-state index in [2.05, 4.69) is 5.32 Å². The molecule has 0 spiro atoms. The largest absolute Gasteiger partial charge is 0.375 e. The highest BCUT2D eigenvalue weighted by Gasteiger charge is 2.23. The van der Waals surface area contributed by atoms with Crippen LogP contribution in [0.1, 0.15) is 5.56 Å². The third-order valence-electron chi connectivity index (χ3n) is 3.10. The maximum Gasteiger partial charge on any atom is 0.142 e. The number of rotatable bonds is 4. The fourth-order valence-electron chi connectivity index (χ4n) is 2.08. The summed E-state index contributed by atoms with van der Waals surface area (Å²) in [5.74, 6) is 1.69. The Bertz CT molecular complexity index is 399. The molecule has 2 rings (SSSR count). The second kappa shape index (κ2) is 6.75. The first-order valence-electron chi connectivity index (χ1n) is 6.01. The van der Waals surface area contributed by atoms with Gasteiger partial charge in [-0.2, -0.15) is 11.8 Å². The number of hydrogen-bond donors (Lipinski definition) is 1. The Balaban J connectivity index is 2.02. The van der Waals surface area contributed by atoms with Crippen molar-refractivity contribution in [2.24, 2.45) is 0 Å². The van der Waals surface area contributed by atoms with E-state index in [1.54, 1.807) is 6.07 Å². The molecule has 1 heterocycles. The Hall–Kier alpha value is -0.290. The molecule has 5 heteroatoms. The van der Waals surface area contributed by atoms with Crippen molar-refractivity contribution in [2.45, 2.75) is 18.6 Å². The van der Waals surface area contributed by atoms with Gasteiger partial charge in [0.25, 0.3) is 0 Å². The summed E-state index contributed by atoms with van der Waals surface area (Å²) in [7, 11) is 1.92. The predicted octanol–water partition coefficient (Wildman–Crippen LogP) is 2.74. The van der Waals surface area contributed by atoms with Gasteiger partial charge in [-0.1, -0.05) is 17.7 Å².